The van der Waals surface area contributed by atoms with E-state index in [0.29, 0.717) is 13.1 Å². The number of likely N-dealkylation sites (tertiary alicyclic amines) is 1. The van der Waals surface area contributed by atoms with Crippen molar-refractivity contribution in [1.82, 2.24) is 14.7 Å². The average molecular weight is 341 g/mol. The van der Waals surface area contributed by atoms with E-state index >= 15 is 0 Å². The predicted molar refractivity (Wildman–Crippen MR) is 97.6 cm³/mol. The first-order valence-corrected chi connectivity index (χ1v) is 9.02. The lowest BCUT2D eigenvalue weighted by atomic mass is 9.87. The van der Waals surface area contributed by atoms with Gasteiger partial charge in [-0.2, -0.15) is 5.10 Å². The molecule has 0 spiro atoms. The summed E-state index contributed by atoms with van der Waals surface area (Å²) in [5.41, 5.74) is 3.12. The fraction of sp³-hybridized carbons (Fsp3) is 0.500. The number of hydrogen-bond acceptors (Lipinski definition) is 4. The number of carbonyl (C=O) groups excluding carboxylic acids is 1. The zero-order valence-electron chi connectivity index (χ0n) is 15.1. The molecular formula is C20H27N3O2. The van der Waals surface area contributed by atoms with Gasteiger partial charge < -0.3 is 10.0 Å². The van der Waals surface area contributed by atoms with Gasteiger partial charge in [-0.05, 0) is 51.4 Å². The molecule has 0 bridgehead atoms. The molecule has 0 radical (unpaired) electrons. The number of rotatable bonds is 6. The number of aromatic nitrogens is 2. The highest BCUT2D eigenvalue weighted by molar-refractivity contribution is 5.99. The summed E-state index contributed by atoms with van der Waals surface area (Å²) in [5, 5.41) is 14.3. The monoisotopic (exact) mass is 341 g/mol. The Hall–Kier alpha value is -1.98. The Morgan fingerprint density at radius 3 is 2.68 bits per heavy atom. The molecule has 3 rings (SSSR count). The quantitative estimate of drug-likeness (QED) is 0.820. The Morgan fingerprint density at radius 2 is 2.04 bits per heavy atom. The van der Waals surface area contributed by atoms with Crippen LogP contribution in [-0.4, -0.2) is 51.3 Å². The maximum atomic E-state index is 12.8. The van der Waals surface area contributed by atoms with Gasteiger partial charge in [0, 0.05) is 30.4 Å². The fourth-order valence-electron chi connectivity index (χ4n) is 3.67. The highest BCUT2D eigenvalue weighted by Crippen LogP contribution is 2.24. The Labute approximate surface area is 149 Å². The highest BCUT2D eigenvalue weighted by Gasteiger charge is 2.27. The van der Waals surface area contributed by atoms with Crippen molar-refractivity contribution >= 4 is 5.78 Å². The zero-order valence-corrected chi connectivity index (χ0v) is 15.1. The molecule has 2 heterocycles. The topological polar surface area (TPSA) is 58.4 Å². The van der Waals surface area contributed by atoms with E-state index in [9.17, 15) is 9.90 Å². The second kappa shape index (κ2) is 7.93. The van der Waals surface area contributed by atoms with Crippen molar-refractivity contribution in [1.29, 1.82) is 0 Å². The molecule has 0 unspecified atom stereocenters. The zero-order chi connectivity index (χ0) is 17.8. The number of ketones is 1. The van der Waals surface area contributed by atoms with Gasteiger partial charge in [0.2, 0.25) is 0 Å². The molecule has 1 aromatic heterocycles. The lowest BCUT2D eigenvalue weighted by Gasteiger charge is -2.32. The number of Topliss-reactive ketones (excluding diaryl/α,β-unsaturated/α-hetero) is 1. The number of hydrogen-bond donors (Lipinski definition) is 1. The van der Waals surface area contributed by atoms with Gasteiger partial charge in [0.25, 0.3) is 0 Å². The molecule has 1 saturated heterocycles. The van der Waals surface area contributed by atoms with Crippen LogP contribution in [0, 0.1) is 19.8 Å². The Balaban J connectivity index is 1.50. The van der Waals surface area contributed by atoms with Crippen LogP contribution in [0.15, 0.2) is 36.7 Å². The summed E-state index contributed by atoms with van der Waals surface area (Å²) in [6.07, 6.45) is 4.86. The molecular weight excluding hydrogens is 314 g/mol. The smallest absolute Gasteiger partial charge is 0.166 e. The first-order chi connectivity index (χ1) is 12.0. The van der Waals surface area contributed by atoms with Gasteiger partial charge >= 0.3 is 0 Å². The molecule has 5 heteroatoms. The van der Waals surface area contributed by atoms with Gasteiger partial charge in [-0.3, -0.25) is 9.48 Å². The number of β-amino-alcohol motifs (C(OH)–C–C–N with tert-alkyl or cyclic N) is 1. The van der Waals surface area contributed by atoms with Gasteiger partial charge in [0.05, 0.1) is 12.6 Å². The van der Waals surface area contributed by atoms with Crippen molar-refractivity contribution in [3.63, 3.8) is 0 Å². The van der Waals surface area contributed by atoms with Crippen LogP contribution >= 0.6 is 0 Å². The van der Waals surface area contributed by atoms with Crippen molar-refractivity contribution < 1.29 is 9.90 Å². The molecule has 0 amide bonds. The fourth-order valence-corrected chi connectivity index (χ4v) is 3.67. The number of nitrogens with zero attached hydrogens (tertiary/aromatic N) is 3. The summed E-state index contributed by atoms with van der Waals surface area (Å²) in [5.74, 6) is 0.371. The number of benzene rings is 1. The molecule has 134 valence electrons. The normalized spacial score (nSPS) is 17.6. The third-order valence-corrected chi connectivity index (χ3v) is 5.03. The van der Waals surface area contributed by atoms with E-state index in [-0.39, 0.29) is 11.7 Å². The van der Waals surface area contributed by atoms with Crippen LogP contribution in [-0.2, 0) is 6.54 Å². The number of carbonyl (C=O) groups is 1. The summed E-state index contributed by atoms with van der Waals surface area (Å²) in [6.45, 7) is 6.92. The summed E-state index contributed by atoms with van der Waals surface area (Å²) in [4.78, 5) is 15.0. The first-order valence-electron chi connectivity index (χ1n) is 9.02. The molecule has 1 fully saturated rings. The lowest BCUT2D eigenvalue weighted by molar-refractivity contribution is 0.0668. The van der Waals surface area contributed by atoms with E-state index in [1.807, 2.05) is 38.2 Å². The van der Waals surface area contributed by atoms with Crippen molar-refractivity contribution in [3.8, 4) is 0 Å². The van der Waals surface area contributed by atoms with E-state index in [1.165, 1.54) is 5.56 Å². The van der Waals surface area contributed by atoms with Gasteiger partial charge in [-0.1, -0.05) is 23.8 Å². The Kier molecular flexibility index (Phi) is 5.66. The Bertz CT molecular complexity index is 704. The lowest BCUT2D eigenvalue weighted by Crippen LogP contribution is -2.41. The second-order valence-corrected chi connectivity index (χ2v) is 7.14. The van der Waals surface area contributed by atoms with E-state index in [2.05, 4.69) is 16.1 Å². The highest BCUT2D eigenvalue weighted by atomic mass is 16.3. The molecule has 5 nitrogen and oxygen atoms in total. The maximum absolute atomic E-state index is 12.8. The first kappa shape index (κ1) is 17.8. The molecule has 1 aliphatic heterocycles. The molecule has 0 aliphatic carbocycles. The minimum atomic E-state index is -0.438. The average Bonchev–Trinajstić information content (AvgIpc) is 3.08. The summed E-state index contributed by atoms with van der Waals surface area (Å²) in [7, 11) is 0. The third-order valence-electron chi connectivity index (χ3n) is 5.03. The molecule has 1 aliphatic rings. The van der Waals surface area contributed by atoms with Crippen molar-refractivity contribution in [2.24, 2.45) is 5.92 Å². The molecule has 0 saturated carbocycles. The van der Waals surface area contributed by atoms with E-state index < -0.39 is 6.10 Å². The van der Waals surface area contributed by atoms with E-state index in [1.54, 1.807) is 10.9 Å². The van der Waals surface area contributed by atoms with Crippen LogP contribution in [0.4, 0.5) is 0 Å². The number of aliphatic hydroxyl groups excluding tert-OH is 1. The maximum Gasteiger partial charge on any atom is 0.166 e. The third kappa shape index (κ3) is 4.55. The SMILES string of the molecule is Cc1ccc(C(=O)C2CCN(C[C@@H](O)Cn3cccn3)CC2)c(C)c1. The van der Waals surface area contributed by atoms with Gasteiger partial charge in [0.15, 0.2) is 5.78 Å². The van der Waals surface area contributed by atoms with E-state index in [0.717, 1.165) is 37.1 Å². The number of aliphatic hydroxyl groups is 1. The Morgan fingerprint density at radius 1 is 1.28 bits per heavy atom. The van der Waals surface area contributed by atoms with Crippen molar-refractivity contribution in [2.75, 3.05) is 19.6 Å². The van der Waals surface area contributed by atoms with Crippen LogP contribution in [0.1, 0.15) is 34.3 Å². The summed E-state index contributed by atoms with van der Waals surface area (Å²) in [6, 6.07) is 7.92. The predicted octanol–water partition coefficient (Wildman–Crippen LogP) is 2.46. The largest absolute Gasteiger partial charge is 0.390 e. The molecule has 25 heavy (non-hydrogen) atoms. The van der Waals surface area contributed by atoms with Crippen molar-refractivity contribution in [3.05, 3.63) is 53.3 Å². The number of piperidine rings is 1. The van der Waals surface area contributed by atoms with Gasteiger partial charge in [0.1, 0.15) is 0 Å². The summed E-state index contributed by atoms with van der Waals surface area (Å²) >= 11 is 0. The standard InChI is InChI=1S/C20H27N3O2/c1-15-4-5-19(16(2)12-15)20(25)17-6-10-22(11-7-17)13-18(24)14-23-9-3-8-21-23/h3-5,8-9,12,17-18,24H,6-7,10-11,13-14H2,1-2H3/t18-/m1/s1. The second-order valence-electron chi connectivity index (χ2n) is 7.14. The summed E-state index contributed by atoms with van der Waals surface area (Å²) < 4.78 is 1.75. The molecule has 1 atom stereocenters. The van der Waals surface area contributed by atoms with Gasteiger partial charge in [-0.25, -0.2) is 0 Å². The van der Waals surface area contributed by atoms with Crippen LogP contribution in [0.25, 0.3) is 0 Å². The van der Waals surface area contributed by atoms with Crippen LogP contribution in [0.2, 0.25) is 0 Å². The van der Waals surface area contributed by atoms with Crippen LogP contribution in [0.3, 0.4) is 0 Å². The molecule has 1 aromatic carbocycles. The van der Waals surface area contributed by atoms with Crippen LogP contribution < -0.4 is 0 Å². The minimum Gasteiger partial charge on any atom is -0.390 e. The van der Waals surface area contributed by atoms with Gasteiger partial charge in [-0.15, -0.1) is 0 Å². The minimum absolute atomic E-state index is 0.0981. The van der Waals surface area contributed by atoms with E-state index in [4.69, 9.17) is 0 Å². The molecule has 2 aromatic rings. The van der Waals surface area contributed by atoms with Crippen molar-refractivity contribution in [2.45, 2.75) is 39.3 Å². The number of aryl methyl sites for hydroxylation is 2. The van der Waals surface area contributed by atoms with Crippen LogP contribution in [0.5, 0.6) is 0 Å². The molecule has 1 N–H and O–H groups in total.